The van der Waals surface area contributed by atoms with Crippen LogP contribution in [0.4, 0.5) is 0 Å². The summed E-state index contributed by atoms with van der Waals surface area (Å²) in [6.07, 6.45) is 0. The molecule has 0 aromatic heterocycles. The normalized spacial score (nSPS) is 11.4. The highest BCUT2D eigenvalue weighted by Crippen LogP contribution is 2.08. The summed E-state index contributed by atoms with van der Waals surface area (Å²) in [7, 11) is -2.23. The van der Waals surface area contributed by atoms with Crippen molar-refractivity contribution in [3.63, 3.8) is 0 Å². The Balaban J connectivity index is 2.99. The summed E-state index contributed by atoms with van der Waals surface area (Å²) in [5.41, 5.74) is 2.12. The van der Waals surface area contributed by atoms with Crippen LogP contribution in [0.1, 0.15) is 0 Å². The van der Waals surface area contributed by atoms with E-state index >= 15 is 0 Å². The van der Waals surface area contributed by atoms with Crippen LogP contribution < -0.4 is 5.48 Å². The Morgan fingerprint density at radius 1 is 1.25 bits per heavy atom. The molecule has 12 heavy (non-hydrogen) atoms. The first-order chi connectivity index (χ1) is 5.67. The van der Waals surface area contributed by atoms with E-state index in [2.05, 4.69) is 9.76 Å². The molecule has 0 amide bonds. The van der Waals surface area contributed by atoms with Crippen molar-refractivity contribution in [1.29, 1.82) is 0 Å². The van der Waals surface area contributed by atoms with Gasteiger partial charge in [0.2, 0.25) is 0 Å². The first-order valence-electron chi connectivity index (χ1n) is 3.32. The van der Waals surface area contributed by atoms with E-state index in [9.17, 15) is 8.42 Å². The molecule has 1 aromatic rings. The molecule has 0 saturated heterocycles. The van der Waals surface area contributed by atoms with Crippen molar-refractivity contribution in [1.82, 2.24) is 5.48 Å². The molecule has 0 fully saturated rings. The van der Waals surface area contributed by atoms with E-state index in [4.69, 9.17) is 0 Å². The van der Waals surface area contributed by atoms with Crippen LogP contribution in [0.25, 0.3) is 0 Å². The quantitative estimate of drug-likeness (QED) is 0.701. The van der Waals surface area contributed by atoms with E-state index < -0.39 is 10.1 Å². The Labute approximate surface area is 71.2 Å². The number of hydrogen-bond acceptors (Lipinski definition) is 4. The van der Waals surface area contributed by atoms with Gasteiger partial charge in [0, 0.05) is 7.05 Å². The molecule has 1 aromatic carbocycles. The highest BCUT2D eigenvalue weighted by atomic mass is 32.2. The van der Waals surface area contributed by atoms with Gasteiger partial charge in [0.25, 0.3) is 0 Å². The minimum atomic E-state index is -3.62. The summed E-state index contributed by atoms with van der Waals surface area (Å²) in [5, 5.41) is 0. The van der Waals surface area contributed by atoms with Gasteiger partial charge in [-0.25, -0.2) is 0 Å². The Morgan fingerprint density at radius 2 is 1.83 bits per heavy atom. The van der Waals surface area contributed by atoms with Gasteiger partial charge < -0.3 is 0 Å². The Kier molecular flexibility index (Phi) is 2.80. The van der Waals surface area contributed by atoms with Crippen molar-refractivity contribution in [3.05, 3.63) is 30.3 Å². The van der Waals surface area contributed by atoms with E-state index in [1.54, 1.807) is 18.2 Å². The van der Waals surface area contributed by atoms with Crippen LogP contribution in [0.2, 0.25) is 0 Å². The van der Waals surface area contributed by atoms with Crippen molar-refractivity contribution in [2.24, 2.45) is 0 Å². The van der Waals surface area contributed by atoms with Gasteiger partial charge in [-0.3, -0.25) is 0 Å². The first kappa shape index (κ1) is 9.18. The Morgan fingerprint density at radius 3 is 2.33 bits per heavy atom. The molecule has 0 heterocycles. The summed E-state index contributed by atoms with van der Waals surface area (Å²) in [5.74, 6) is 0. The SMILES string of the molecule is CNOS(=O)(=O)c1ccccc1. The Hall–Kier alpha value is -0.910. The zero-order chi connectivity index (χ0) is 9.03. The number of rotatable bonds is 3. The van der Waals surface area contributed by atoms with Crippen LogP contribution in [0.5, 0.6) is 0 Å². The van der Waals surface area contributed by atoms with Gasteiger partial charge >= 0.3 is 10.1 Å². The molecule has 0 aliphatic carbocycles. The molecule has 5 heteroatoms. The summed E-state index contributed by atoms with van der Waals surface area (Å²) in [6, 6.07) is 7.93. The van der Waals surface area contributed by atoms with Crippen molar-refractivity contribution in [2.75, 3.05) is 7.05 Å². The second kappa shape index (κ2) is 3.66. The maximum Gasteiger partial charge on any atom is 0.312 e. The molecular weight excluding hydrogens is 178 g/mol. The van der Waals surface area contributed by atoms with Crippen LogP contribution in [0.3, 0.4) is 0 Å². The monoisotopic (exact) mass is 187 g/mol. The van der Waals surface area contributed by atoms with Gasteiger partial charge in [0.15, 0.2) is 0 Å². The third-order valence-electron chi connectivity index (χ3n) is 1.22. The van der Waals surface area contributed by atoms with Crippen LogP contribution in [-0.4, -0.2) is 15.5 Å². The van der Waals surface area contributed by atoms with Gasteiger partial charge in [-0.15, -0.1) is 0 Å². The molecule has 1 rings (SSSR count). The third kappa shape index (κ3) is 2.04. The summed E-state index contributed by atoms with van der Waals surface area (Å²) >= 11 is 0. The van der Waals surface area contributed by atoms with Crippen LogP contribution in [0.15, 0.2) is 35.2 Å². The zero-order valence-corrected chi connectivity index (χ0v) is 7.34. The van der Waals surface area contributed by atoms with Crippen LogP contribution in [-0.2, 0) is 14.4 Å². The summed E-state index contributed by atoms with van der Waals surface area (Å²) in [4.78, 5) is 0.138. The first-order valence-corrected chi connectivity index (χ1v) is 4.73. The molecule has 0 aliphatic heterocycles. The molecule has 0 bridgehead atoms. The molecule has 0 radical (unpaired) electrons. The van der Waals surface area contributed by atoms with Crippen molar-refractivity contribution in [2.45, 2.75) is 4.90 Å². The largest absolute Gasteiger partial charge is 0.312 e. The van der Waals surface area contributed by atoms with Crippen molar-refractivity contribution < 1.29 is 12.7 Å². The lowest BCUT2D eigenvalue weighted by molar-refractivity contribution is 0.231. The Bertz CT molecular complexity index is 333. The second-order valence-electron chi connectivity index (χ2n) is 2.05. The second-order valence-corrected chi connectivity index (χ2v) is 3.60. The topological polar surface area (TPSA) is 55.4 Å². The third-order valence-corrected chi connectivity index (χ3v) is 2.46. The summed E-state index contributed by atoms with van der Waals surface area (Å²) in [6.45, 7) is 0. The molecule has 0 spiro atoms. The highest BCUT2D eigenvalue weighted by Gasteiger charge is 2.12. The lowest BCUT2D eigenvalue weighted by Gasteiger charge is -2.01. The minimum absolute atomic E-state index is 0.138. The van der Waals surface area contributed by atoms with Crippen molar-refractivity contribution >= 4 is 10.1 Å². The minimum Gasteiger partial charge on any atom is -0.192 e. The van der Waals surface area contributed by atoms with Crippen LogP contribution >= 0.6 is 0 Å². The number of nitrogens with one attached hydrogen (secondary N) is 1. The molecular formula is C7H9NO3S. The molecule has 0 unspecified atom stereocenters. The number of hydrogen-bond donors (Lipinski definition) is 1. The van der Waals surface area contributed by atoms with Crippen molar-refractivity contribution in [3.8, 4) is 0 Å². The molecule has 1 N–H and O–H groups in total. The van der Waals surface area contributed by atoms with Gasteiger partial charge in [-0.05, 0) is 12.1 Å². The highest BCUT2D eigenvalue weighted by molar-refractivity contribution is 7.86. The summed E-state index contributed by atoms with van der Waals surface area (Å²) < 4.78 is 26.6. The van der Waals surface area contributed by atoms with Gasteiger partial charge in [-0.1, -0.05) is 18.2 Å². The zero-order valence-electron chi connectivity index (χ0n) is 6.52. The number of benzene rings is 1. The molecule has 0 aliphatic rings. The standard InChI is InChI=1S/C7H9NO3S/c1-8-11-12(9,10)7-5-3-2-4-6-7/h2-6,8H,1H3. The number of hydroxylamine groups is 1. The molecule has 4 nitrogen and oxygen atoms in total. The maximum absolute atomic E-state index is 11.1. The predicted molar refractivity (Wildman–Crippen MR) is 43.8 cm³/mol. The van der Waals surface area contributed by atoms with Gasteiger partial charge in [-0.2, -0.15) is 18.2 Å². The van der Waals surface area contributed by atoms with Gasteiger partial charge in [0.1, 0.15) is 0 Å². The lowest BCUT2D eigenvalue weighted by Crippen LogP contribution is -2.15. The fourth-order valence-electron chi connectivity index (χ4n) is 0.745. The van der Waals surface area contributed by atoms with E-state index in [0.717, 1.165) is 0 Å². The fourth-order valence-corrected chi connectivity index (χ4v) is 1.55. The van der Waals surface area contributed by atoms with Crippen LogP contribution in [0, 0.1) is 0 Å². The average molecular weight is 187 g/mol. The van der Waals surface area contributed by atoms with Gasteiger partial charge in [0.05, 0.1) is 4.90 Å². The van der Waals surface area contributed by atoms with E-state index in [1.807, 2.05) is 0 Å². The van der Waals surface area contributed by atoms with E-state index in [1.165, 1.54) is 19.2 Å². The predicted octanol–water partition coefficient (Wildman–Crippen LogP) is 0.526. The van der Waals surface area contributed by atoms with E-state index in [0.29, 0.717) is 0 Å². The maximum atomic E-state index is 11.1. The fraction of sp³-hybridized carbons (Fsp3) is 0.143. The molecule has 66 valence electrons. The van der Waals surface area contributed by atoms with E-state index in [-0.39, 0.29) is 4.90 Å². The molecule has 0 atom stereocenters. The average Bonchev–Trinajstić information content (AvgIpc) is 2.06. The smallest absolute Gasteiger partial charge is 0.192 e. The molecule has 0 saturated carbocycles. The lowest BCUT2D eigenvalue weighted by atomic mass is 10.4.